The second kappa shape index (κ2) is 4.47. The molecule has 1 atom stereocenters. The number of aryl methyl sites for hydroxylation is 2. The van der Waals surface area contributed by atoms with Crippen LogP contribution in [0.2, 0.25) is 0 Å². The molecular weight excluding hydrogens is 214 g/mol. The maximum atomic E-state index is 5.48. The molecule has 2 rings (SSSR count). The standard InChI is InChI=1S/C13H19N3O/c1-9-14-11-8-10(13(17-5)15(2)3)6-7-12(11)16(9)4/h6-8,13H,1-5H3. The number of rotatable bonds is 3. The molecule has 0 N–H and O–H groups in total. The number of nitrogens with zero attached hydrogens (tertiary/aromatic N) is 3. The molecule has 1 aromatic carbocycles. The summed E-state index contributed by atoms with van der Waals surface area (Å²) >= 11 is 0. The second-order valence-electron chi connectivity index (χ2n) is 4.52. The minimum Gasteiger partial charge on any atom is -0.362 e. The van der Waals surface area contributed by atoms with Crippen molar-refractivity contribution in [2.45, 2.75) is 13.2 Å². The fourth-order valence-corrected chi connectivity index (χ4v) is 2.14. The Morgan fingerprint density at radius 3 is 2.65 bits per heavy atom. The van der Waals surface area contributed by atoms with Crippen molar-refractivity contribution in [2.24, 2.45) is 7.05 Å². The molecule has 0 bridgehead atoms. The van der Waals surface area contributed by atoms with Gasteiger partial charge in [-0.3, -0.25) is 4.90 Å². The summed E-state index contributed by atoms with van der Waals surface area (Å²) in [6.45, 7) is 2.01. The number of aromatic nitrogens is 2. The first kappa shape index (κ1) is 12.1. The van der Waals surface area contributed by atoms with Crippen LogP contribution < -0.4 is 0 Å². The number of benzene rings is 1. The van der Waals surface area contributed by atoms with Gasteiger partial charge in [0.1, 0.15) is 12.1 Å². The van der Waals surface area contributed by atoms with E-state index in [4.69, 9.17) is 4.74 Å². The largest absolute Gasteiger partial charge is 0.362 e. The molecule has 17 heavy (non-hydrogen) atoms. The Bertz CT molecular complexity index is 531. The number of ether oxygens (including phenoxy) is 1. The molecule has 4 heteroatoms. The molecule has 1 heterocycles. The van der Waals surface area contributed by atoms with E-state index >= 15 is 0 Å². The third-order valence-corrected chi connectivity index (χ3v) is 3.11. The normalized spacial score (nSPS) is 13.5. The highest BCUT2D eigenvalue weighted by Crippen LogP contribution is 2.23. The van der Waals surface area contributed by atoms with Gasteiger partial charge in [0, 0.05) is 14.2 Å². The van der Waals surface area contributed by atoms with Gasteiger partial charge in [0.25, 0.3) is 0 Å². The van der Waals surface area contributed by atoms with Gasteiger partial charge in [-0.1, -0.05) is 6.07 Å². The lowest BCUT2D eigenvalue weighted by Crippen LogP contribution is -2.21. The number of methoxy groups -OCH3 is 1. The molecule has 0 saturated carbocycles. The lowest BCUT2D eigenvalue weighted by molar-refractivity contribution is -0.00531. The molecule has 0 amide bonds. The highest BCUT2D eigenvalue weighted by molar-refractivity contribution is 5.76. The van der Waals surface area contributed by atoms with E-state index in [1.165, 1.54) is 0 Å². The van der Waals surface area contributed by atoms with Crippen molar-refractivity contribution in [3.8, 4) is 0 Å². The Morgan fingerprint density at radius 1 is 1.35 bits per heavy atom. The Balaban J connectivity index is 2.51. The first-order valence-electron chi connectivity index (χ1n) is 5.66. The van der Waals surface area contributed by atoms with Crippen molar-refractivity contribution in [3.05, 3.63) is 29.6 Å². The van der Waals surface area contributed by atoms with Crippen LogP contribution in [0.15, 0.2) is 18.2 Å². The lowest BCUT2D eigenvalue weighted by Gasteiger charge is -2.22. The third kappa shape index (κ3) is 2.06. The summed E-state index contributed by atoms with van der Waals surface area (Å²) in [6.07, 6.45) is -0.0262. The average molecular weight is 233 g/mol. The van der Waals surface area contributed by atoms with Crippen molar-refractivity contribution in [1.29, 1.82) is 0 Å². The van der Waals surface area contributed by atoms with Crippen molar-refractivity contribution in [3.63, 3.8) is 0 Å². The zero-order chi connectivity index (χ0) is 12.6. The SMILES string of the molecule is COC(c1ccc2c(c1)nc(C)n2C)N(C)C. The fourth-order valence-electron chi connectivity index (χ4n) is 2.14. The molecule has 0 aliphatic rings. The summed E-state index contributed by atoms with van der Waals surface area (Å²) < 4.78 is 7.57. The maximum absolute atomic E-state index is 5.48. The predicted octanol–water partition coefficient (Wildman–Crippen LogP) is 2.09. The van der Waals surface area contributed by atoms with Gasteiger partial charge < -0.3 is 9.30 Å². The number of fused-ring (bicyclic) bond motifs is 1. The summed E-state index contributed by atoms with van der Waals surface area (Å²) in [6, 6.07) is 6.29. The van der Waals surface area contributed by atoms with E-state index in [1.807, 2.05) is 33.0 Å². The Kier molecular flexibility index (Phi) is 3.17. The molecule has 0 aliphatic heterocycles. The summed E-state index contributed by atoms with van der Waals surface area (Å²) in [5.74, 6) is 1.02. The molecule has 0 saturated heterocycles. The van der Waals surface area contributed by atoms with Gasteiger partial charge in [0.15, 0.2) is 0 Å². The second-order valence-corrected chi connectivity index (χ2v) is 4.52. The van der Waals surface area contributed by atoms with E-state index in [0.717, 1.165) is 22.4 Å². The van der Waals surface area contributed by atoms with E-state index < -0.39 is 0 Å². The van der Waals surface area contributed by atoms with E-state index in [2.05, 4.69) is 27.8 Å². The average Bonchev–Trinajstić information content (AvgIpc) is 2.55. The zero-order valence-electron chi connectivity index (χ0n) is 11.1. The summed E-state index contributed by atoms with van der Waals surface area (Å²) in [5.41, 5.74) is 3.30. The summed E-state index contributed by atoms with van der Waals surface area (Å²) in [7, 11) is 7.76. The van der Waals surface area contributed by atoms with E-state index in [-0.39, 0.29) is 6.23 Å². The summed E-state index contributed by atoms with van der Waals surface area (Å²) in [5, 5.41) is 0. The lowest BCUT2D eigenvalue weighted by atomic mass is 10.1. The van der Waals surface area contributed by atoms with Crippen molar-refractivity contribution < 1.29 is 4.74 Å². The van der Waals surface area contributed by atoms with Crippen LogP contribution >= 0.6 is 0 Å². The van der Waals surface area contributed by atoms with E-state index in [9.17, 15) is 0 Å². The van der Waals surface area contributed by atoms with Gasteiger partial charge in [0.05, 0.1) is 11.0 Å². The Labute approximate surface area is 102 Å². The molecular formula is C13H19N3O. The molecule has 0 spiro atoms. The topological polar surface area (TPSA) is 30.3 Å². The van der Waals surface area contributed by atoms with Crippen LogP contribution in [0.1, 0.15) is 17.6 Å². The third-order valence-electron chi connectivity index (χ3n) is 3.11. The van der Waals surface area contributed by atoms with Gasteiger partial charge >= 0.3 is 0 Å². The minimum atomic E-state index is -0.0262. The van der Waals surface area contributed by atoms with E-state index in [0.29, 0.717) is 0 Å². The van der Waals surface area contributed by atoms with Crippen molar-refractivity contribution in [1.82, 2.24) is 14.5 Å². The molecule has 4 nitrogen and oxygen atoms in total. The van der Waals surface area contributed by atoms with Crippen LogP contribution in [0.3, 0.4) is 0 Å². The summed E-state index contributed by atoms with van der Waals surface area (Å²) in [4.78, 5) is 6.58. The van der Waals surface area contributed by atoms with Crippen LogP contribution in [0.25, 0.3) is 11.0 Å². The monoisotopic (exact) mass is 233 g/mol. The first-order valence-corrected chi connectivity index (χ1v) is 5.66. The number of hydrogen-bond donors (Lipinski definition) is 0. The highest BCUT2D eigenvalue weighted by Gasteiger charge is 2.14. The fraction of sp³-hybridized carbons (Fsp3) is 0.462. The number of imidazole rings is 1. The van der Waals surface area contributed by atoms with Gasteiger partial charge in [0.2, 0.25) is 0 Å². The van der Waals surface area contributed by atoms with Crippen LogP contribution in [-0.2, 0) is 11.8 Å². The molecule has 0 aliphatic carbocycles. The molecule has 0 fully saturated rings. The van der Waals surface area contributed by atoms with Gasteiger partial charge in [-0.05, 0) is 38.7 Å². The number of hydrogen-bond acceptors (Lipinski definition) is 3. The Hall–Kier alpha value is -1.39. The van der Waals surface area contributed by atoms with E-state index in [1.54, 1.807) is 7.11 Å². The van der Waals surface area contributed by atoms with Gasteiger partial charge in [-0.25, -0.2) is 4.98 Å². The minimum absolute atomic E-state index is 0.0262. The maximum Gasteiger partial charge on any atom is 0.135 e. The highest BCUT2D eigenvalue weighted by atomic mass is 16.5. The predicted molar refractivity (Wildman–Crippen MR) is 68.9 cm³/mol. The molecule has 1 unspecified atom stereocenters. The zero-order valence-corrected chi connectivity index (χ0v) is 11.1. The van der Waals surface area contributed by atoms with Crippen LogP contribution in [-0.4, -0.2) is 35.7 Å². The molecule has 0 radical (unpaired) electrons. The van der Waals surface area contributed by atoms with Crippen molar-refractivity contribution >= 4 is 11.0 Å². The van der Waals surface area contributed by atoms with Crippen LogP contribution in [0, 0.1) is 6.92 Å². The van der Waals surface area contributed by atoms with Gasteiger partial charge in [-0.2, -0.15) is 0 Å². The molecule has 92 valence electrons. The molecule has 2 aromatic rings. The van der Waals surface area contributed by atoms with Crippen molar-refractivity contribution in [2.75, 3.05) is 21.2 Å². The first-order chi connectivity index (χ1) is 8.04. The van der Waals surface area contributed by atoms with Crippen LogP contribution in [0.4, 0.5) is 0 Å². The quantitative estimate of drug-likeness (QED) is 0.760. The Morgan fingerprint density at radius 2 is 2.06 bits per heavy atom. The molecule has 1 aromatic heterocycles. The van der Waals surface area contributed by atoms with Gasteiger partial charge in [-0.15, -0.1) is 0 Å². The van der Waals surface area contributed by atoms with Crippen LogP contribution in [0.5, 0.6) is 0 Å². The smallest absolute Gasteiger partial charge is 0.135 e.